The number of benzene rings is 2. The summed E-state index contributed by atoms with van der Waals surface area (Å²) in [6.45, 7) is 0. The summed E-state index contributed by atoms with van der Waals surface area (Å²) in [6, 6.07) is 14.9. The Labute approximate surface area is 125 Å². The van der Waals surface area contributed by atoms with Gasteiger partial charge in [-0.15, -0.1) is 0 Å². The van der Waals surface area contributed by atoms with Crippen LogP contribution in [0.15, 0.2) is 53.1 Å². The minimum absolute atomic E-state index is 0.331. The van der Waals surface area contributed by atoms with Gasteiger partial charge >= 0.3 is 0 Å². The van der Waals surface area contributed by atoms with Gasteiger partial charge in [-0.3, -0.25) is 0 Å². The molecule has 2 aromatic carbocycles. The van der Waals surface area contributed by atoms with Crippen molar-refractivity contribution < 1.29 is 4.52 Å². The first-order valence-corrected chi connectivity index (χ1v) is 6.68. The summed E-state index contributed by atoms with van der Waals surface area (Å²) in [4.78, 5) is 0. The van der Waals surface area contributed by atoms with E-state index in [9.17, 15) is 0 Å². The van der Waals surface area contributed by atoms with E-state index in [1.54, 1.807) is 18.2 Å². The summed E-state index contributed by atoms with van der Waals surface area (Å²) in [5.74, 6) is 0.868. The van der Waals surface area contributed by atoms with Crippen LogP contribution in [-0.2, 0) is 0 Å². The van der Waals surface area contributed by atoms with Crippen LogP contribution in [0.25, 0.3) is 22.5 Å². The van der Waals surface area contributed by atoms with E-state index in [0.29, 0.717) is 27.2 Å². The number of nitrogen functional groups attached to an aromatic ring is 1. The fraction of sp³-hybridized carbons (Fsp3) is 0. The molecule has 0 aliphatic rings. The molecule has 0 unspecified atom stereocenters. The standard InChI is InChI=1S/C15H10Cl2N2O/c16-10-6-7-11(12(17)8-10)14-13(15(18)19-20-14)9-4-2-1-3-5-9/h1-8H,(H2,18,19). The maximum absolute atomic E-state index is 6.22. The van der Waals surface area contributed by atoms with Crippen molar-refractivity contribution in [2.75, 3.05) is 5.73 Å². The lowest BCUT2D eigenvalue weighted by atomic mass is 10.0. The molecule has 3 nitrogen and oxygen atoms in total. The second-order valence-electron chi connectivity index (χ2n) is 4.26. The van der Waals surface area contributed by atoms with Gasteiger partial charge in [-0.05, 0) is 23.8 Å². The molecular weight excluding hydrogens is 295 g/mol. The molecule has 0 radical (unpaired) electrons. The van der Waals surface area contributed by atoms with Gasteiger partial charge in [0.2, 0.25) is 0 Å². The molecule has 0 aliphatic carbocycles. The molecular formula is C15H10Cl2N2O. The van der Waals surface area contributed by atoms with Crippen LogP contribution in [0.2, 0.25) is 10.0 Å². The Bertz CT molecular complexity index is 754. The van der Waals surface area contributed by atoms with E-state index in [-0.39, 0.29) is 0 Å². The molecule has 0 fully saturated rings. The highest BCUT2D eigenvalue weighted by molar-refractivity contribution is 6.36. The fourth-order valence-corrected chi connectivity index (χ4v) is 2.54. The highest BCUT2D eigenvalue weighted by Crippen LogP contribution is 2.39. The number of halogens is 2. The maximum atomic E-state index is 6.22. The second-order valence-corrected chi connectivity index (χ2v) is 5.11. The summed E-state index contributed by atoms with van der Waals surface area (Å²) in [7, 11) is 0. The van der Waals surface area contributed by atoms with Crippen LogP contribution in [0.4, 0.5) is 5.82 Å². The Morgan fingerprint density at radius 3 is 2.45 bits per heavy atom. The Hall–Kier alpha value is -1.97. The molecule has 1 aromatic heterocycles. The van der Waals surface area contributed by atoms with Crippen LogP contribution in [0.3, 0.4) is 0 Å². The molecule has 5 heteroatoms. The smallest absolute Gasteiger partial charge is 0.178 e. The number of nitrogens with zero attached hydrogens (tertiary/aromatic N) is 1. The van der Waals surface area contributed by atoms with Gasteiger partial charge in [-0.2, -0.15) is 0 Å². The van der Waals surface area contributed by atoms with E-state index >= 15 is 0 Å². The number of anilines is 1. The number of rotatable bonds is 2. The first kappa shape index (κ1) is 13.0. The summed E-state index contributed by atoms with van der Waals surface area (Å²) in [6.07, 6.45) is 0. The molecule has 0 amide bonds. The van der Waals surface area contributed by atoms with Gasteiger partial charge in [-0.25, -0.2) is 0 Å². The minimum atomic E-state index is 0.331. The van der Waals surface area contributed by atoms with Gasteiger partial charge < -0.3 is 10.3 Å². The molecule has 20 heavy (non-hydrogen) atoms. The summed E-state index contributed by atoms with van der Waals surface area (Å²) in [5, 5.41) is 4.90. The molecule has 0 aliphatic heterocycles. The normalized spacial score (nSPS) is 10.7. The van der Waals surface area contributed by atoms with Crippen molar-refractivity contribution in [1.29, 1.82) is 0 Å². The third-order valence-electron chi connectivity index (χ3n) is 2.96. The lowest BCUT2D eigenvalue weighted by molar-refractivity contribution is 0.436. The average molecular weight is 305 g/mol. The Morgan fingerprint density at radius 2 is 1.75 bits per heavy atom. The van der Waals surface area contributed by atoms with Crippen LogP contribution in [0, 0.1) is 0 Å². The highest BCUT2D eigenvalue weighted by atomic mass is 35.5. The van der Waals surface area contributed by atoms with Crippen molar-refractivity contribution in [3.05, 3.63) is 58.6 Å². The van der Waals surface area contributed by atoms with Crippen molar-refractivity contribution in [1.82, 2.24) is 5.16 Å². The molecule has 0 atom stereocenters. The first-order chi connectivity index (χ1) is 9.66. The van der Waals surface area contributed by atoms with Gasteiger partial charge in [0.25, 0.3) is 0 Å². The molecule has 100 valence electrons. The Balaban J connectivity index is 2.21. The van der Waals surface area contributed by atoms with E-state index in [1.165, 1.54) is 0 Å². The van der Waals surface area contributed by atoms with Crippen LogP contribution in [0.1, 0.15) is 0 Å². The molecule has 0 saturated heterocycles. The lowest BCUT2D eigenvalue weighted by Crippen LogP contribution is -1.89. The topological polar surface area (TPSA) is 52.0 Å². The Morgan fingerprint density at radius 1 is 1.00 bits per heavy atom. The van der Waals surface area contributed by atoms with Gasteiger partial charge in [0.1, 0.15) is 0 Å². The van der Waals surface area contributed by atoms with Crippen molar-refractivity contribution in [3.8, 4) is 22.5 Å². The summed E-state index contributed by atoms with van der Waals surface area (Å²) < 4.78 is 5.35. The average Bonchev–Trinajstić information content (AvgIpc) is 2.81. The maximum Gasteiger partial charge on any atom is 0.178 e. The zero-order chi connectivity index (χ0) is 14.1. The number of aromatic nitrogens is 1. The molecule has 3 rings (SSSR count). The van der Waals surface area contributed by atoms with E-state index < -0.39 is 0 Å². The van der Waals surface area contributed by atoms with Crippen LogP contribution >= 0.6 is 23.2 Å². The van der Waals surface area contributed by atoms with Gasteiger partial charge in [0, 0.05) is 10.6 Å². The van der Waals surface area contributed by atoms with Crippen molar-refractivity contribution in [3.63, 3.8) is 0 Å². The largest absolute Gasteiger partial charge is 0.380 e. The predicted molar refractivity (Wildman–Crippen MR) is 81.8 cm³/mol. The number of nitrogens with two attached hydrogens (primary N) is 1. The van der Waals surface area contributed by atoms with E-state index in [0.717, 1.165) is 11.1 Å². The van der Waals surface area contributed by atoms with Crippen LogP contribution in [0.5, 0.6) is 0 Å². The van der Waals surface area contributed by atoms with E-state index in [2.05, 4.69) is 5.16 Å². The Kier molecular flexibility index (Phi) is 3.38. The first-order valence-electron chi connectivity index (χ1n) is 5.93. The van der Waals surface area contributed by atoms with Crippen molar-refractivity contribution in [2.24, 2.45) is 0 Å². The molecule has 2 N–H and O–H groups in total. The molecule has 0 saturated carbocycles. The highest BCUT2D eigenvalue weighted by Gasteiger charge is 2.19. The van der Waals surface area contributed by atoms with Gasteiger partial charge in [-0.1, -0.05) is 58.7 Å². The van der Waals surface area contributed by atoms with E-state index in [4.69, 9.17) is 33.5 Å². The third-order valence-corrected chi connectivity index (χ3v) is 3.50. The quantitative estimate of drug-likeness (QED) is 0.732. The lowest BCUT2D eigenvalue weighted by Gasteiger charge is -2.05. The third kappa shape index (κ3) is 2.26. The molecule has 0 spiro atoms. The molecule has 0 bridgehead atoms. The monoisotopic (exact) mass is 304 g/mol. The van der Waals surface area contributed by atoms with Gasteiger partial charge in [0.05, 0.1) is 10.6 Å². The zero-order valence-electron chi connectivity index (χ0n) is 10.3. The van der Waals surface area contributed by atoms with E-state index in [1.807, 2.05) is 30.3 Å². The SMILES string of the molecule is Nc1noc(-c2ccc(Cl)cc2Cl)c1-c1ccccc1. The van der Waals surface area contributed by atoms with Crippen LogP contribution in [-0.4, -0.2) is 5.16 Å². The second kappa shape index (κ2) is 5.19. The molecule has 3 aromatic rings. The summed E-state index contributed by atoms with van der Waals surface area (Å²) >= 11 is 12.1. The zero-order valence-corrected chi connectivity index (χ0v) is 11.8. The van der Waals surface area contributed by atoms with Crippen molar-refractivity contribution in [2.45, 2.75) is 0 Å². The fourth-order valence-electron chi connectivity index (χ4n) is 2.04. The van der Waals surface area contributed by atoms with Gasteiger partial charge in [0.15, 0.2) is 11.6 Å². The summed E-state index contributed by atoms with van der Waals surface area (Å²) in [5.41, 5.74) is 8.28. The van der Waals surface area contributed by atoms with Crippen molar-refractivity contribution >= 4 is 29.0 Å². The number of hydrogen-bond donors (Lipinski definition) is 1. The molecule has 1 heterocycles. The minimum Gasteiger partial charge on any atom is -0.380 e. The predicted octanol–water partition coefficient (Wildman–Crippen LogP) is 4.90. The van der Waals surface area contributed by atoms with Crippen LogP contribution < -0.4 is 5.73 Å². The number of hydrogen-bond acceptors (Lipinski definition) is 3.